The van der Waals surface area contributed by atoms with Crippen molar-refractivity contribution in [3.8, 4) is 0 Å². The molecule has 0 heterocycles. The van der Waals surface area contributed by atoms with Crippen molar-refractivity contribution >= 4 is 21.2 Å². The van der Waals surface area contributed by atoms with Gasteiger partial charge in [-0.1, -0.05) is 12.1 Å². The number of halogens is 3. The van der Waals surface area contributed by atoms with Gasteiger partial charge in [-0.2, -0.15) is 13.2 Å². The SMILES string of the molecule is CN(C)c1ccccc1S(=O)(=O)c1ccc(N)c(C(F)(F)F)c1. The Morgan fingerprint density at radius 2 is 1.65 bits per heavy atom. The van der Waals surface area contributed by atoms with Gasteiger partial charge in [0.25, 0.3) is 0 Å². The summed E-state index contributed by atoms with van der Waals surface area (Å²) in [6, 6.07) is 8.70. The molecule has 4 nitrogen and oxygen atoms in total. The summed E-state index contributed by atoms with van der Waals surface area (Å²) in [7, 11) is -0.809. The molecule has 0 aliphatic rings. The first-order valence-electron chi connectivity index (χ1n) is 6.53. The highest BCUT2D eigenvalue weighted by Gasteiger charge is 2.34. The zero-order valence-electron chi connectivity index (χ0n) is 12.4. The summed E-state index contributed by atoms with van der Waals surface area (Å²) in [5.41, 5.74) is 4.02. The van der Waals surface area contributed by atoms with Crippen LogP contribution in [0.15, 0.2) is 52.3 Å². The second-order valence-corrected chi connectivity index (χ2v) is 7.03. The van der Waals surface area contributed by atoms with Gasteiger partial charge in [-0.15, -0.1) is 0 Å². The van der Waals surface area contributed by atoms with Crippen molar-refractivity contribution in [2.75, 3.05) is 24.7 Å². The third-order valence-electron chi connectivity index (χ3n) is 3.28. The lowest BCUT2D eigenvalue weighted by Crippen LogP contribution is -2.15. The molecule has 0 amide bonds. The van der Waals surface area contributed by atoms with Crippen LogP contribution < -0.4 is 10.6 Å². The predicted molar refractivity (Wildman–Crippen MR) is 82.1 cm³/mol. The Kier molecular flexibility index (Phi) is 4.30. The van der Waals surface area contributed by atoms with E-state index < -0.39 is 32.2 Å². The maximum Gasteiger partial charge on any atom is 0.418 e. The molecule has 0 radical (unpaired) electrons. The van der Waals surface area contributed by atoms with Crippen LogP contribution in [0.5, 0.6) is 0 Å². The van der Waals surface area contributed by atoms with Crippen LogP contribution in [-0.2, 0) is 16.0 Å². The molecule has 0 fully saturated rings. The number of anilines is 2. The third-order valence-corrected chi connectivity index (χ3v) is 5.08. The first kappa shape index (κ1) is 17.1. The molecule has 124 valence electrons. The Bertz CT molecular complexity index is 831. The number of hydrogen-bond acceptors (Lipinski definition) is 4. The first-order chi connectivity index (χ1) is 10.5. The fraction of sp³-hybridized carbons (Fsp3) is 0.200. The molecule has 8 heteroatoms. The zero-order valence-corrected chi connectivity index (χ0v) is 13.2. The molecule has 23 heavy (non-hydrogen) atoms. The van der Waals surface area contributed by atoms with E-state index in [0.717, 1.165) is 12.1 Å². The van der Waals surface area contributed by atoms with E-state index in [4.69, 9.17) is 5.73 Å². The highest BCUT2D eigenvalue weighted by atomic mass is 32.2. The van der Waals surface area contributed by atoms with E-state index in [-0.39, 0.29) is 4.90 Å². The standard InChI is InChI=1S/C15H15F3N2O2S/c1-20(2)13-5-3-4-6-14(13)23(21,22)10-7-8-12(19)11(9-10)15(16,17)18/h3-9H,19H2,1-2H3. The Balaban J connectivity index is 2.67. The van der Waals surface area contributed by atoms with Crippen LogP contribution in [0.4, 0.5) is 24.5 Å². The number of nitrogens with zero attached hydrogens (tertiary/aromatic N) is 1. The van der Waals surface area contributed by atoms with Crippen molar-refractivity contribution in [2.24, 2.45) is 0 Å². The van der Waals surface area contributed by atoms with E-state index in [1.54, 1.807) is 31.1 Å². The van der Waals surface area contributed by atoms with E-state index in [1.807, 2.05) is 0 Å². The Labute approximate surface area is 132 Å². The van der Waals surface area contributed by atoms with E-state index in [1.165, 1.54) is 12.1 Å². The van der Waals surface area contributed by atoms with Gasteiger partial charge in [-0.05, 0) is 30.3 Å². The summed E-state index contributed by atoms with van der Waals surface area (Å²) in [4.78, 5) is 1.06. The average Bonchev–Trinajstić information content (AvgIpc) is 2.46. The van der Waals surface area contributed by atoms with Crippen molar-refractivity contribution in [3.05, 3.63) is 48.0 Å². The molecule has 2 rings (SSSR count). The molecule has 2 aromatic carbocycles. The van der Waals surface area contributed by atoms with Gasteiger partial charge >= 0.3 is 6.18 Å². The zero-order chi connectivity index (χ0) is 17.4. The van der Waals surface area contributed by atoms with Crippen molar-refractivity contribution in [2.45, 2.75) is 16.0 Å². The smallest absolute Gasteiger partial charge is 0.398 e. The van der Waals surface area contributed by atoms with Crippen molar-refractivity contribution < 1.29 is 21.6 Å². The quantitative estimate of drug-likeness (QED) is 0.869. The molecular weight excluding hydrogens is 329 g/mol. The van der Waals surface area contributed by atoms with Crippen molar-refractivity contribution in [1.82, 2.24) is 0 Å². The lowest BCUT2D eigenvalue weighted by Gasteiger charge is -2.18. The number of sulfone groups is 1. The largest absolute Gasteiger partial charge is 0.418 e. The fourth-order valence-electron chi connectivity index (χ4n) is 2.13. The highest BCUT2D eigenvalue weighted by molar-refractivity contribution is 7.91. The number of hydrogen-bond donors (Lipinski definition) is 1. The molecule has 0 aromatic heterocycles. The maximum atomic E-state index is 12.9. The Morgan fingerprint density at radius 1 is 1.04 bits per heavy atom. The molecule has 2 N–H and O–H groups in total. The van der Waals surface area contributed by atoms with Gasteiger partial charge in [-0.25, -0.2) is 8.42 Å². The van der Waals surface area contributed by atoms with Gasteiger partial charge < -0.3 is 10.6 Å². The average molecular weight is 344 g/mol. The van der Waals surface area contributed by atoms with Crippen LogP contribution in [0, 0.1) is 0 Å². The summed E-state index contributed by atoms with van der Waals surface area (Å²) in [5.74, 6) is 0. The first-order valence-corrected chi connectivity index (χ1v) is 8.01. The predicted octanol–water partition coefficient (Wildman–Crippen LogP) is 3.19. The molecule has 0 unspecified atom stereocenters. The van der Waals surface area contributed by atoms with Crippen LogP contribution in [0.2, 0.25) is 0 Å². The van der Waals surface area contributed by atoms with Crippen LogP contribution in [0.3, 0.4) is 0 Å². The van der Waals surface area contributed by atoms with E-state index in [9.17, 15) is 21.6 Å². The van der Waals surface area contributed by atoms with Gasteiger partial charge in [0, 0.05) is 19.8 Å². The molecule has 0 saturated heterocycles. The molecular formula is C15H15F3N2O2S. The lowest BCUT2D eigenvalue weighted by atomic mass is 10.2. The molecule has 0 saturated carbocycles. The molecule has 0 spiro atoms. The normalized spacial score (nSPS) is 12.2. The van der Waals surface area contributed by atoms with E-state index in [2.05, 4.69) is 0 Å². The van der Waals surface area contributed by atoms with E-state index >= 15 is 0 Å². The van der Waals surface area contributed by atoms with Crippen LogP contribution in [0.25, 0.3) is 0 Å². The van der Waals surface area contributed by atoms with E-state index in [0.29, 0.717) is 11.8 Å². The summed E-state index contributed by atoms with van der Waals surface area (Å²) >= 11 is 0. The molecule has 0 bridgehead atoms. The highest BCUT2D eigenvalue weighted by Crippen LogP contribution is 2.37. The second kappa shape index (κ2) is 5.77. The number of para-hydroxylation sites is 1. The lowest BCUT2D eigenvalue weighted by molar-refractivity contribution is -0.137. The minimum Gasteiger partial charge on any atom is -0.398 e. The monoisotopic (exact) mass is 344 g/mol. The number of alkyl halides is 3. The van der Waals surface area contributed by atoms with Gasteiger partial charge in [0.15, 0.2) is 0 Å². The molecule has 2 aromatic rings. The van der Waals surface area contributed by atoms with Crippen molar-refractivity contribution in [3.63, 3.8) is 0 Å². The van der Waals surface area contributed by atoms with Gasteiger partial charge in [-0.3, -0.25) is 0 Å². The summed E-state index contributed by atoms with van der Waals surface area (Å²) in [5, 5.41) is 0. The summed E-state index contributed by atoms with van der Waals surface area (Å²) in [6.45, 7) is 0. The number of nitrogens with two attached hydrogens (primary N) is 1. The number of benzene rings is 2. The Hall–Kier alpha value is -2.22. The van der Waals surface area contributed by atoms with Crippen LogP contribution in [-0.4, -0.2) is 22.5 Å². The molecule has 0 atom stereocenters. The van der Waals surface area contributed by atoms with Crippen LogP contribution in [0.1, 0.15) is 5.56 Å². The Morgan fingerprint density at radius 3 is 2.22 bits per heavy atom. The number of nitrogen functional groups attached to an aromatic ring is 1. The van der Waals surface area contributed by atoms with Gasteiger partial charge in [0.1, 0.15) is 0 Å². The molecule has 0 aliphatic heterocycles. The van der Waals surface area contributed by atoms with Crippen LogP contribution >= 0.6 is 0 Å². The van der Waals surface area contributed by atoms with Gasteiger partial charge in [0.2, 0.25) is 9.84 Å². The topological polar surface area (TPSA) is 63.4 Å². The summed E-state index contributed by atoms with van der Waals surface area (Å²) in [6.07, 6.45) is -4.73. The summed E-state index contributed by atoms with van der Waals surface area (Å²) < 4.78 is 64.3. The third kappa shape index (κ3) is 3.26. The fourth-order valence-corrected chi connectivity index (χ4v) is 3.69. The minimum absolute atomic E-state index is 0.0668. The minimum atomic E-state index is -4.73. The number of rotatable bonds is 3. The maximum absolute atomic E-state index is 12.9. The molecule has 0 aliphatic carbocycles. The van der Waals surface area contributed by atoms with Gasteiger partial charge in [0.05, 0.1) is 21.0 Å². The second-order valence-electron chi connectivity index (χ2n) is 5.11. The van der Waals surface area contributed by atoms with Crippen molar-refractivity contribution in [1.29, 1.82) is 0 Å².